The van der Waals surface area contributed by atoms with Crippen LogP contribution in [0.3, 0.4) is 0 Å². The predicted molar refractivity (Wildman–Crippen MR) is 122 cm³/mol. The number of hydrogen-bond donors (Lipinski definition) is 0. The molecule has 0 saturated heterocycles. The Morgan fingerprint density at radius 1 is 0.667 bits per heavy atom. The Morgan fingerprint density at radius 2 is 1.04 bits per heavy atom. The van der Waals surface area contributed by atoms with Crippen molar-refractivity contribution in [1.29, 1.82) is 0 Å². The first-order valence-electron chi connectivity index (χ1n) is 9.80. The van der Waals surface area contributed by atoms with Crippen molar-refractivity contribution in [1.82, 2.24) is 9.80 Å². The molecule has 0 N–H and O–H groups in total. The van der Waals surface area contributed by atoms with E-state index in [1.54, 1.807) is 0 Å². The van der Waals surface area contributed by atoms with Crippen LogP contribution in [0.2, 0.25) is 26.2 Å². The zero-order chi connectivity index (χ0) is 19.9. The van der Waals surface area contributed by atoms with Crippen LogP contribution in [0.25, 0.3) is 0 Å². The van der Waals surface area contributed by atoms with E-state index < -0.39 is 16.6 Å². The van der Waals surface area contributed by atoms with Gasteiger partial charge in [-0.25, -0.2) is 0 Å². The zero-order valence-corrected chi connectivity index (χ0v) is 19.9. The lowest BCUT2D eigenvalue weighted by Crippen LogP contribution is -2.58. The Labute approximate surface area is 168 Å². The van der Waals surface area contributed by atoms with E-state index in [9.17, 15) is 0 Å². The van der Waals surface area contributed by atoms with E-state index >= 15 is 0 Å². The van der Waals surface area contributed by atoms with Crippen LogP contribution >= 0.6 is 0 Å². The van der Waals surface area contributed by atoms with E-state index in [0.29, 0.717) is 0 Å². The van der Waals surface area contributed by atoms with Crippen molar-refractivity contribution in [3.8, 4) is 0 Å². The van der Waals surface area contributed by atoms with E-state index in [4.69, 9.17) is 4.12 Å². The Morgan fingerprint density at radius 3 is 1.37 bits per heavy atom. The predicted octanol–water partition coefficient (Wildman–Crippen LogP) is 4.76. The van der Waals surface area contributed by atoms with Gasteiger partial charge in [-0.3, -0.25) is 0 Å². The van der Waals surface area contributed by atoms with Gasteiger partial charge in [0.05, 0.1) is 0 Å². The molecule has 0 unspecified atom stereocenters. The first-order valence-corrected chi connectivity index (χ1v) is 16.0. The van der Waals surface area contributed by atoms with E-state index in [2.05, 4.69) is 111 Å². The van der Waals surface area contributed by atoms with Gasteiger partial charge in [0.2, 0.25) is 8.32 Å². The summed E-state index contributed by atoms with van der Waals surface area (Å²) < 4.78 is 6.84. The third kappa shape index (κ3) is 8.53. The normalized spacial score (nSPS) is 12.7. The summed E-state index contributed by atoms with van der Waals surface area (Å²) >= 11 is 0. The molecule has 0 fully saturated rings. The molecule has 0 heterocycles. The second-order valence-corrected chi connectivity index (χ2v) is 17.6. The summed E-state index contributed by atoms with van der Waals surface area (Å²) in [6.07, 6.45) is 2.09. The second-order valence-electron chi connectivity index (χ2n) is 8.98. The number of hydrogen-bond acceptors (Lipinski definition) is 3. The lowest BCUT2D eigenvalue weighted by atomic mass is 10.2. The largest absolute Gasteiger partial charge is 0.454 e. The Balaban J connectivity index is 2.04. The van der Waals surface area contributed by atoms with Gasteiger partial charge in [-0.1, -0.05) is 60.7 Å². The van der Waals surface area contributed by atoms with Crippen LogP contribution in [0.5, 0.6) is 0 Å². The smallest absolute Gasteiger partial charge is 0.204 e. The molecule has 2 aromatic carbocycles. The fraction of sp³-hybridized carbons (Fsp3) is 0.455. The molecular formula is C22H36N2OSi2. The minimum absolute atomic E-state index is 0.973. The molecule has 0 aliphatic rings. The number of rotatable bonds is 10. The van der Waals surface area contributed by atoms with Gasteiger partial charge >= 0.3 is 0 Å². The topological polar surface area (TPSA) is 15.7 Å². The van der Waals surface area contributed by atoms with Crippen molar-refractivity contribution in [2.75, 3.05) is 26.4 Å². The van der Waals surface area contributed by atoms with Crippen LogP contribution in [0.1, 0.15) is 11.1 Å². The fourth-order valence-corrected chi connectivity index (χ4v) is 12.9. The molecular weight excluding hydrogens is 364 g/mol. The third-order valence-corrected chi connectivity index (χ3v) is 11.2. The summed E-state index contributed by atoms with van der Waals surface area (Å²) in [5.74, 6) is 0. The van der Waals surface area contributed by atoms with Gasteiger partial charge < -0.3 is 13.9 Å². The Kier molecular flexibility index (Phi) is 8.00. The van der Waals surface area contributed by atoms with Gasteiger partial charge in [-0.2, -0.15) is 0 Å². The highest BCUT2D eigenvalue weighted by Gasteiger charge is 2.36. The lowest BCUT2D eigenvalue weighted by Gasteiger charge is -2.39. The van der Waals surface area contributed by atoms with Gasteiger partial charge in [0.15, 0.2) is 8.32 Å². The summed E-state index contributed by atoms with van der Waals surface area (Å²) in [7, 11) is 0.943. The van der Waals surface area contributed by atoms with Gasteiger partial charge in [0, 0.05) is 25.4 Å². The highest BCUT2D eigenvalue weighted by atomic mass is 28.4. The van der Waals surface area contributed by atoms with Crippen LogP contribution in [-0.2, 0) is 17.2 Å². The quantitative estimate of drug-likeness (QED) is 0.535. The molecule has 27 heavy (non-hydrogen) atoms. The van der Waals surface area contributed by atoms with E-state index in [0.717, 1.165) is 25.4 Å². The van der Waals surface area contributed by atoms with Gasteiger partial charge in [0.25, 0.3) is 0 Å². The minimum atomic E-state index is -1.91. The Hall–Kier alpha value is -1.25. The standard InChI is InChI=1S/C22H36N2OSi2/c1-23(17-21-13-9-7-10-14-21)19-27(6,25-26(3,4)5)20-24(2)18-22-15-11-8-12-16-22/h7-16H,17-20H2,1-6H3. The molecule has 0 aliphatic carbocycles. The van der Waals surface area contributed by atoms with Crippen molar-refractivity contribution in [2.45, 2.75) is 39.3 Å². The fourth-order valence-electron chi connectivity index (χ4n) is 3.90. The third-order valence-electron chi connectivity index (χ3n) is 4.35. The van der Waals surface area contributed by atoms with Crippen molar-refractivity contribution in [3.05, 3.63) is 71.8 Å². The van der Waals surface area contributed by atoms with Crippen molar-refractivity contribution in [2.24, 2.45) is 0 Å². The molecule has 2 aromatic rings. The maximum Gasteiger partial charge on any atom is 0.204 e. The molecule has 5 heteroatoms. The first kappa shape index (κ1) is 22.0. The molecule has 148 valence electrons. The van der Waals surface area contributed by atoms with E-state index in [-0.39, 0.29) is 0 Å². The highest BCUT2D eigenvalue weighted by molar-refractivity contribution is 6.85. The molecule has 2 rings (SSSR count). The van der Waals surface area contributed by atoms with Crippen LogP contribution in [0.4, 0.5) is 0 Å². The molecule has 3 nitrogen and oxygen atoms in total. The van der Waals surface area contributed by atoms with Gasteiger partial charge in [0.1, 0.15) is 0 Å². The maximum atomic E-state index is 6.84. The van der Waals surface area contributed by atoms with Crippen molar-refractivity contribution in [3.63, 3.8) is 0 Å². The van der Waals surface area contributed by atoms with E-state index in [1.165, 1.54) is 11.1 Å². The Bertz CT molecular complexity index is 624. The first-order chi connectivity index (χ1) is 12.7. The monoisotopic (exact) mass is 400 g/mol. The number of nitrogens with zero attached hydrogens (tertiary/aromatic N) is 2. The molecule has 0 aliphatic heterocycles. The van der Waals surface area contributed by atoms with Crippen LogP contribution in [0.15, 0.2) is 60.7 Å². The van der Waals surface area contributed by atoms with Crippen LogP contribution in [-0.4, -0.2) is 52.9 Å². The molecule has 0 saturated carbocycles. The van der Waals surface area contributed by atoms with Crippen LogP contribution < -0.4 is 0 Å². The average molecular weight is 401 g/mol. The SMILES string of the molecule is CN(Cc1ccccc1)C[Si](C)(CN(C)Cc1ccccc1)O[Si](C)(C)C. The summed E-state index contributed by atoms with van der Waals surface area (Å²) in [6, 6.07) is 21.4. The summed E-state index contributed by atoms with van der Waals surface area (Å²) in [5.41, 5.74) is 2.73. The van der Waals surface area contributed by atoms with Crippen LogP contribution in [0, 0.1) is 0 Å². The lowest BCUT2D eigenvalue weighted by molar-refractivity contribution is 0.318. The zero-order valence-electron chi connectivity index (χ0n) is 17.9. The highest BCUT2D eigenvalue weighted by Crippen LogP contribution is 2.18. The molecule has 0 amide bonds. The molecule has 0 radical (unpaired) electrons. The molecule has 0 aromatic heterocycles. The average Bonchev–Trinajstić information content (AvgIpc) is 2.53. The molecule has 0 spiro atoms. The maximum absolute atomic E-state index is 6.84. The molecule has 0 bridgehead atoms. The minimum Gasteiger partial charge on any atom is -0.454 e. The van der Waals surface area contributed by atoms with Crippen molar-refractivity contribution < 1.29 is 4.12 Å². The van der Waals surface area contributed by atoms with E-state index in [1.807, 2.05) is 0 Å². The summed E-state index contributed by atoms with van der Waals surface area (Å²) in [4.78, 5) is 4.89. The summed E-state index contributed by atoms with van der Waals surface area (Å²) in [5, 5.41) is 0. The van der Waals surface area contributed by atoms with Gasteiger partial charge in [-0.15, -0.1) is 0 Å². The second kappa shape index (κ2) is 9.80. The summed E-state index contributed by atoms with van der Waals surface area (Å²) in [6.45, 7) is 11.3. The molecule has 0 atom stereocenters. The van der Waals surface area contributed by atoms with Crippen molar-refractivity contribution >= 4 is 16.6 Å². The van der Waals surface area contributed by atoms with Gasteiger partial charge in [-0.05, 0) is 51.4 Å². The number of benzene rings is 2.